The molecule has 0 saturated heterocycles. The van der Waals surface area contributed by atoms with E-state index in [0.29, 0.717) is 16.8 Å². The summed E-state index contributed by atoms with van der Waals surface area (Å²) < 4.78 is 9.53. The molecule has 2 aliphatic rings. The van der Waals surface area contributed by atoms with Gasteiger partial charge in [-0.15, -0.1) is 0 Å². The number of amides is 4. The fourth-order valence-corrected chi connectivity index (χ4v) is 7.02. The van der Waals surface area contributed by atoms with E-state index in [1.165, 1.54) is 36.6 Å². The molecule has 1 aliphatic carbocycles. The first kappa shape index (κ1) is 38.4. The van der Waals surface area contributed by atoms with Crippen LogP contribution in [-0.2, 0) is 38.4 Å². The van der Waals surface area contributed by atoms with Crippen LogP contribution in [0.2, 0.25) is 0 Å². The molecule has 0 fully saturated rings. The summed E-state index contributed by atoms with van der Waals surface area (Å²) in [7, 11) is 1.29. The molecular weight excluding hydrogens is 681 g/mol. The van der Waals surface area contributed by atoms with Crippen LogP contribution in [0.1, 0.15) is 96.5 Å². The largest absolute Gasteiger partial charge is 0.465 e. The standard InChI is InChI=1S/C40H48N4O7S/c1-39(2,3)51-38(49)43-33(40(4,5)52-7)36(47)44-23-28-21-29(41-34(45)25-15-17-26(18-16-25)37(48)50-6)20-19-27(28)22-32(44)35(46)42-31-14-10-12-24-11-8-9-13-30(24)31/h8-9,11,13,15-21,31-33H,10,12,14,22-23H2,1-7H3,(H,41,45)(H,42,46)(H,43,49)/t31?,32-,33+/m0/s1. The van der Waals surface area contributed by atoms with Gasteiger partial charge < -0.3 is 30.3 Å². The maximum absolute atomic E-state index is 14.7. The van der Waals surface area contributed by atoms with Crippen LogP contribution >= 0.6 is 11.8 Å². The average molecular weight is 729 g/mol. The number of fused-ring (bicyclic) bond motifs is 2. The zero-order valence-electron chi connectivity index (χ0n) is 30.8. The van der Waals surface area contributed by atoms with Crippen molar-refractivity contribution < 1.29 is 33.4 Å². The van der Waals surface area contributed by atoms with Gasteiger partial charge in [0.15, 0.2) is 0 Å². The SMILES string of the molecule is COC(=O)c1ccc(C(=O)Nc2ccc3c(c2)CN(C(=O)[C@@H](NC(=O)OC(C)(C)C)C(C)(C)SC)[C@H](C(=O)NC2CCCc4ccccc42)C3)cc1. The van der Waals surface area contributed by atoms with Crippen LogP contribution < -0.4 is 16.0 Å². The Balaban J connectivity index is 1.45. The molecule has 3 aromatic rings. The second-order valence-corrected chi connectivity index (χ2v) is 16.2. The van der Waals surface area contributed by atoms with Crippen LogP contribution in [0.25, 0.3) is 0 Å². The van der Waals surface area contributed by atoms with Gasteiger partial charge in [-0.2, -0.15) is 11.8 Å². The number of carbonyl (C=O) groups is 5. The van der Waals surface area contributed by atoms with Crippen LogP contribution in [0.3, 0.4) is 0 Å². The van der Waals surface area contributed by atoms with Gasteiger partial charge in [0.1, 0.15) is 17.7 Å². The van der Waals surface area contributed by atoms with E-state index in [-0.39, 0.29) is 30.8 Å². The van der Waals surface area contributed by atoms with Gasteiger partial charge in [-0.25, -0.2) is 9.59 Å². The predicted octanol–water partition coefficient (Wildman–Crippen LogP) is 6.21. The fraction of sp³-hybridized carbons (Fsp3) is 0.425. The van der Waals surface area contributed by atoms with E-state index in [2.05, 4.69) is 22.0 Å². The number of ether oxygens (including phenoxy) is 2. The van der Waals surface area contributed by atoms with Crippen LogP contribution in [0.4, 0.5) is 10.5 Å². The van der Waals surface area contributed by atoms with E-state index in [1.807, 2.05) is 44.4 Å². The third kappa shape index (κ3) is 8.96. The van der Waals surface area contributed by atoms with Crippen LogP contribution in [0.5, 0.6) is 0 Å². The summed E-state index contributed by atoms with van der Waals surface area (Å²) in [6.45, 7) is 9.07. The molecule has 1 unspecified atom stereocenters. The lowest BCUT2D eigenvalue weighted by atomic mass is 9.87. The molecule has 3 aromatic carbocycles. The fourth-order valence-electron chi connectivity index (χ4n) is 6.62. The van der Waals surface area contributed by atoms with Crippen molar-refractivity contribution in [1.82, 2.24) is 15.5 Å². The second kappa shape index (κ2) is 15.8. The molecule has 5 rings (SSSR count). The summed E-state index contributed by atoms with van der Waals surface area (Å²) in [6.07, 6.45) is 4.05. The average Bonchev–Trinajstić information content (AvgIpc) is 3.12. The molecule has 0 saturated carbocycles. The highest BCUT2D eigenvalue weighted by atomic mass is 32.2. The van der Waals surface area contributed by atoms with Crippen molar-refractivity contribution in [3.63, 3.8) is 0 Å². The lowest BCUT2D eigenvalue weighted by molar-refractivity contribution is -0.144. The molecule has 3 N–H and O–H groups in total. The number of benzene rings is 3. The minimum atomic E-state index is -1.03. The van der Waals surface area contributed by atoms with Crippen molar-refractivity contribution in [2.45, 2.75) is 95.3 Å². The number of rotatable bonds is 9. The van der Waals surface area contributed by atoms with Gasteiger partial charge in [0.25, 0.3) is 5.91 Å². The quantitative estimate of drug-likeness (QED) is 0.221. The number of hydrogen-bond acceptors (Lipinski definition) is 8. The molecule has 276 valence electrons. The number of aryl methyl sites for hydroxylation is 1. The maximum Gasteiger partial charge on any atom is 0.408 e. The van der Waals surface area contributed by atoms with Crippen molar-refractivity contribution in [3.05, 3.63) is 100 Å². The van der Waals surface area contributed by atoms with Crippen LogP contribution in [-0.4, -0.2) is 70.5 Å². The lowest BCUT2D eigenvalue weighted by Crippen LogP contribution is -2.62. The topological polar surface area (TPSA) is 143 Å². The molecule has 52 heavy (non-hydrogen) atoms. The van der Waals surface area contributed by atoms with Gasteiger partial charge in [-0.3, -0.25) is 14.4 Å². The zero-order valence-corrected chi connectivity index (χ0v) is 31.6. The van der Waals surface area contributed by atoms with Gasteiger partial charge in [-0.05, 0) is 119 Å². The molecule has 0 aromatic heterocycles. The first-order valence-electron chi connectivity index (χ1n) is 17.4. The van der Waals surface area contributed by atoms with Crippen LogP contribution in [0.15, 0.2) is 66.7 Å². The number of methoxy groups -OCH3 is 1. The highest BCUT2D eigenvalue weighted by Gasteiger charge is 2.44. The number of esters is 1. The zero-order chi connectivity index (χ0) is 37.8. The number of nitrogens with zero attached hydrogens (tertiary/aromatic N) is 1. The molecule has 12 heteroatoms. The number of thioether (sulfide) groups is 1. The molecular formula is C40H48N4O7S. The molecule has 1 heterocycles. The van der Waals surface area contributed by atoms with E-state index in [9.17, 15) is 24.0 Å². The number of nitrogens with one attached hydrogen (secondary N) is 3. The van der Waals surface area contributed by atoms with Gasteiger partial charge in [0.2, 0.25) is 11.8 Å². The van der Waals surface area contributed by atoms with E-state index >= 15 is 0 Å². The van der Waals surface area contributed by atoms with Crippen molar-refractivity contribution in [1.29, 1.82) is 0 Å². The third-order valence-electron chi connectivity index (χ3n) is 9.56. The predicted molar refractivity (Wildman–Crippen MR) is 201 cm³/mol. The minimum Gasteiger partial charge on any atom is -0.465 e. The van der Waals surface area contributed by atoms with Gasteiger partial charge in [-0.1, -0.05) is 30.3 Å². The Labute approximate surface area is 309 Å². The van der Waals surface area contributed by atoms with Crippen molar-refractivity contribution >= 4 is 47.2 Å². The van der Waals surface area contributed by atoms with E-state index < -0.39 is 40.4 Å². The number of hydrogen-bond donors (Lipinski definition) is 3. The Bertz CT molecular complexity index is 1840. The number of carbonyl (C=O) groups excluding carboxylic acids is 5. The molecule has 0 radical (unpaired) electrons. The molecule has 0 bridgehead atoms. The van der Waals surface area contributed by atoms with Crippen LogP contribution in [0, 0.1) is 0 Å². The van der Waals surface area contributed by atoms with Crippen molar-refractivity contribution in [2.24, 2.45) is 0 Å². The Hall–Kier alpha value is -4.84. The Morgan fingerprint density at radius 2 is 1.58 bits per heavy atom. The monoisotopic (exact) mass is 728 g/mol. The maximum atomic E-state index is 14.7. The smallest absolute Gasteiger partial charge is 0.408 e. The highest BCUT2D eigenvalue weighted by molar-refractivity contribution is 8.00. The van der Waals surface area contributed by atoms with E-state index in [4.69, 9.17) is 9.47 Å². The van der Waals surface area contributed by atoms with Crippen molar-refractivity contribution in [2.75, 3.05) is 18.7 Å². The third-order valence-corrected chi connectivity index (χ3v) is 10.9. The molecule has 0 spiro atoms. The Kier molecular flexibility index (Phi) is 11.7. The molecule has 4 amide bonds. The summed E-state index contributed by atoms with van der Waals surface area (Å²) in [4.78, 5) is 68.6. The normalized spacial score (nSPS) is 17.5. The summed E-state index contributed by atoms with van der Waals surface area (Å²) in [5, 5.41) is 8.98. The Morgan fingerprint density at radius 3 is 2.25 bits per heavy atom. The summed E-state index contributed by atoms with van der Waals surface area (Å²) in [5.41, 5.74) is 4.32. The van der Waals surface area contributed by atoms with Gasteiger partial charge in [0.05, 0.1) is 18.7 Å². The molecule has 3 atom stereocenters. The summed E-state index contributed by atoms with van der Waals surface area (Å²) in [5.74, 6) is -1.57. The van der Waals surface area contributed by atoms with Crippen molar-refractivity contribution in [3.8, 4) is 0 Å². The number of anilines is 1. The van der Waals surface area contributed by atoms with Gasteiger partial charge in [0, 0.05) is 29.0 Å². The molecule has 11 nitrogen and oxygen atoms in total. The van der Waals surface area contributed by atoms with Gasteiger partial charge >= 0.3 is 12.1 Å². The first-order valence-corrected chi connectivity index (χ1v) is 18.7. The summed E-state index contributed by atoms with van der Waals surface area (Å²) in [6, 6.07) is 17.6. The lowest BCUT2D eigenvalue weighted by Gasteiger charge is -2.42. The second-order valence-electron chi connectivity index (χ2n) is 14.7. The molecule has 1 aliphatic heterocycles. The summed E-state index contributed by atoms with van der Waals surface area (Å²) >= 11 is 1.42. The Morgan fingerprint density at radius 1 is 0.885 bits per heavy atom. The highest BCUT2D eigenvalue weighted by Crippen LogP contribution is 2.34. The number of alkyl carbamates (subject to hydrolysis) is 1. The van der Waals surface area contributed by atoms with E-state index in [0.717, 1.165) is 36.0 Å². The van der Waals surface area contributed by atoms with E-state index in [1.54, 1.807) is 49.9 Å². The minimum absolute atomic E-state index is 0.0714. The first-order chi connectivity index (χ1) is 24.6.